The highest BCUT2D eigenvalue weighted by molar-refractivity contribution is 7.13. The van der Waals surface area contributed by atoms with Gasteiger partial charge in [-0.25, -0.2) is 18.2 Å². The standard InChI is InChI=1S/C19H22F3N3O2S/c1-5-8-25(19(27)17-11(4)23-18(28-17)10(2)3)9-14(26)24-13-7-6-12(20)15(21)16(13)22/h6-7,10H,5,8-9H2,1-4H3,(H,24,26). The summed E-state index contributed by atoms with van der Waals surface area (Å²) in [5, 5.41) is 3.01. The number of hydrogen-bond donors (Lipinski definition) is 1. The van der Waals surface area contributed by atoms with Crippen LogP contribution < -0.4 is 5.32 Å². The molecule has 0 atom stereocenters. The van der Waals surface area contributed by atoms with Gasteiger partial charge in [0, 0.05) is 12.5 Å². The first-order valence-corrected chi connectivity index (χ1v) is 9.67. The van der Waals surface area contributed by atoms with Gasteiger partial charge in [0.15, 0.2) is 17.5 Å². The van der Waals surface area contributed by atoms with Gasteiger partial charge in [0.1, 0.15) is 11.4 Å². The molecule has 1 aromatic heterocycles. The Labute approximate surface area is 165 Å². The molecule has 5 nitrogen and oxygen atoms in total. The van der Waals surface area contributed by atoms with E-state index in [1.165, 1.54) is 16.2 Å². The van der Waals surface area contributed by atoms with E-state index in [1.807, 2.05) is 20.8 Å². The van der Waals surface area contributed by atoms with Gasteiger partial charge in [-0.1, -0.05) is 20.8 Å². The summed E-state index contributed by atoms with van der Waals surface area (Å²) in [6.45, 7) is 7.49. The lowest BCUT2D eigenvalue weighted by molar-refractivity contribution is -0.116. The molecule has 0 radical (unpaired) electrons. The number of aryl methyl sites for hydroxylation is 1. The van der Waals surface area contributed by atoms with Crippen LogP contribution in [-0.2, 0) is 4.79 Å². The van der Waals surface area contributed by atoms with E-state index in [0.29, 0.717) is 23.5 Å². The Morgan fingerprint density at radius 2 is 1.89 bits per heavy atom. The van der Waals surface area contributed by atoms with Gasteiger partial charge in [0.2, 0.25) is 5.91 Å². The van der Waals surface area contributed by atoms with Crippen LogP contribution in [0.25, 0.3) is 0 Å². The summed E-state index contributed by atoms with van der Waals surface area (Å²) in [4.78, 5) is 31.3. The lowest BCUT2D eigenvalue weighted by Crippen LogP contribution is -2.38. The fraction of sp³-hybridized carbons (Fsp3) is 0.421. The van der Waals surface area contributed by atoms with Gasteiger partial charge < -0.3 is 10.2 Å². The van der Waals surface area contributed by atoms with E-state index in [4.69, 9.17) is 0 Å². The molecule has 0 bridgehead atoms. The van der Waals surface area contributed by atoms with Crippen molar-refractivity contribution in [3.63, 3.8) is 0 Å². The topological polar surface area (TPSA) is 62.3 Å². The number of nitrogens with one attached hydrogen (secondary N) is 1. The molecule has 0 aliphatic heterocycles. The number of nitrogens with zero attached hydrogens (tertiary/aromatic N) is 2. The molecule has 2 rings (SSSR count). The predicted octanol–water partition coefficient (Wildman–Crippen LogP) is 4.48. The third-order valence-electron chi connectivity index (χ3n) is 3.93. The maximum absolute atomic E-state index is 13.7. The van der Waals surface area contributed by atoms with Crippen molar-refractivity contribution in [3.8, 4) is 0 Å². The normalized spacial score (nSPS) is 11.0. The van der Waals surface area contributed by atoms with Crippen LogP contribution in [0.5, 0.6) is 0 Å². The molecule has 0 unspecified atom stereocenters. The molecule has 0 fully saturated rings. The van der Waals surface area contributed by atoms with Crippen molar-refractivity contribution >= 4 is 28.8 Å². The molecule has 0 saturated heterocycles. The van der Waals surface area contributed by atoms with E-state index in [9.17, 15) is 22.8 Å². The van der Waals surface area contributed by atoms with E-state index < -0.39 is 29.0 Å². The summed E-state index contributed by atoms with van der Waals surface area (Å²) in [7, 11) is 0. The van der Waals surface area contributed by atoms with Gasteiger partial charge in [0.25, 0.3) is 5.91 Å². The van der Waals surface area contributed by atoms with E-state index >= 15 is 0 Å². The quantitative estimate of drug-likeness (QED) is 0.681. The SMILES string of the molecule is CCCN(CC(=O)Nc1ccc(F)c(F)c1F)C(=O)c1sc(C(C)C)nc1C. The van der Waals surface area contributed by atoms with E-state index in [1.54, 1.807) is 6.92 Å². The summed E-state index contributed by atoms with van der Waals surface area (Å²) in [6.07, 6.45) is 0.605. The molecule has 1 aromatic carbocycles. The van der Waals surface area contributed by atoms with Crippen molar-refractivity contribution in [3.05, 3.63) is 45.2 Å². The Balaban J connectivity index is 2.17. The third-order valence-corrected chi connectivity index (χ3v) is 5.37. The summed E-state index contributed by atoms with van der Waals surface area (Å²) in [6, 6.07) is 1.65. The molecule has 0 spiro atoms. The van der Waals surface area contributed by atoms with Crippen LogP contribution in [0, 0.1) is 24.4 Å². The van der Waals surface area contributed by atoms with Gasteiger partial charge in [-0.05, 0) is 25.5 Å². The van der Waals surface area contributed by atoms with Gasteiger partial charge >= 0.3 is 0 Å². The lowest BCUT2D eigenvalue weighted by atomic mass is 10.2. The zero-order valence-electron chi connectivity index (χ0n) is 16.1. The number of carbonyl (C=O) groups excluding carboxylic acids is 2. The highest BCUT2D eigenvalue weighted by Crippen LogP contribution is 2.26. The number of thiazole rings is 1. The van der Waals surface area contributed by atoms with Crippen molar-refractivity contribution in [1.29, 1.82) is 0 Å². The van der Waals surface area contributed by atoms with Gasteiger partial charge in [-0.3, -0.25) is 9.59 Å². The second-order valence-electron chi connectivity index (χ2n) is 6.62. The molecule has 0 aliphatic rings. The minimum atomic E-state index is -1.67. The molecule has 2 aromatic rings. The van der Waals surface area contributed by atoms with Gasteiger partial charge in [0.05, 0.1) is 16.4 Å². The second kappa shape index (κ2) is 9.18. The molecule has 0 aliphatic carbocycles. The van der Waals surface area contributed by atoms with Crippen molar-refractivity contribution in [2.45, 2.75) is 40.0 Å². The smallest absolute Gasteiger partial charge is 0.266 e. The monoisotopic (exact) mass is 413 g/mol. The first-order valence-electron chi connectivity index (χ1n) is 8.85. The average Bonchev–Trinajstić information content (AvgIpc) is 3.03. The molecule has 9 heteroatoms. The molecule has 1 heterocycles. The highest BCUT2D eigenvalue weighted by atomic mass is 32.1. The highest BCUT2D eigenvalue weighted by Gasteiger charge is 2.24. The van der Waals surface area contributed by atoms with Crippen LogP contribution in [0.2, 0.25) is 0 Å². The van der Waals surface area contributed by atoms with Crippen molar-refractivity contribution in [2.24, 2.45) is 0 Å². The third kappa shape index (κ3) is 4.89. The summed E-state index contributed by atoms with van der Waals surface area (Å²) in [5.41, 5.74) is 0.107. The Kier molecular flexibility index (Phi) is 7.17. The fourth-order valence-electron chi connectivity index (χ4n) is 2.51. The number of rotatable bonds is 7. The summed E-state index contributed by atoms with van der Waals surface area (Å²) < 4.78 is 40.1. The number of carbonyl (C=O) groups is 2. The number of aromatic nitrogens is 1. The minimum absolute atomic E-state index is 0.171. The van der Waals surface area contributed by atoms with Crippen molar-refractivity contribution in [2.75, 3.05) is 18.4 Å². The Bertz CT molecular complexity index is 884. The van der Waals surface area contributed by atoms with Crippen LogP contribution in [0.4, 0.5) is 18.9 Å². The van der Waals surface area contributed by atoms with Crippen LogP contribution in [0.1, 0.15) is 53.5 Å². The minimum Gasteiger partial charge on any atom is -0.329 e. The zero-order chi connectivity index (χ0) is 21.0. The average molecular weight is 413 g/mol. The molecule has 0 saturated carbocycles. The first kappa shape index (κ1) is 21.9. The number of anilines is 1. The fourth-order valence-corrected chi connectivity index (χ4v) is 3.55. The maximum atomic E-state index is 13.7. The van der Waals surface area contributed by atoms with Gasteiger partial charge in [-0.2, -0.15) is 0 Å². The summed E-state index contributed by atoms with van der Waals surface area (Å²) >= 11 is 1.28. The molecule has 1 N–H and O–H groups in total. The molecule has 152 valence electrons. The first-order chi connectivity index (χ1) is 13.1. The number of amides is 2. The molecular formula is C19H22F3N3O2S. The number of hydrogen-bond acceptors (Lipinski definition) is 4. The van der Waals surface area contributed by atoms with E-state index in [0.717, 1.165) is 17.1 Å². The largest absolute Gasteiger partial charge is 0.329 e. The van der Waals surface area contributed by atoms with E-state index in [-0.39, 0.29) is 18.4 Å². The maximum Gasteiger partial charge on any atom is 0.266 e. The lowest BCUT2D eigenvalue weighted by Gasteiger charge is -2.21. The van der Waals surface area contributed by atoms with Crippen LogP contribution in [-0.4, -0.2) is 34.8 Å². The molecule has 28 heavy (non-hydrogen) atoms. The van der Waals surface area contributed by atoms with Crippen LogP contribution >= 0.6 is 11.3 Å². The van der Waals surface area contributed by atoms with Crippen LogP contribution in [0.3, 0.4) is 0 Å². The predicted molar refractivity (Wildman–Crippen MR) is 102 cm³/mol. The molecular weight excluding hydrogens is 391 g/mol. The van der Waals surface area contributed by atoms with Gasteiger partial charge in [-0.15, -0.1) is 11.3 Å². The summed E-state index contributed by atoms with van der Waals surface area (Å²) in [5.74, 6) is -5.38. The second-order valence-corrected chi connectivity index (χ2v) is 7.65. The zero-order valence-corrected chi connectivity index (χ0v) is 16.9. The van der Waals surface area contributed by atoms with Crippen molar-refractivity contribution < 1.29 is 22.8 Å². The van der Waals surface area contributed by atoms with Crippen LogP contribution in [0.15, 0.2) is 12.1 Å². The Hall–Kier alpha value is -2.42. The van der Waals surface area contributed by atoms with Crippen molar-refractivity contribution in [1.82, 2.24) is 9.88 Å². The Morgan fingerprint density at radius 3 is 2.46 bits per heavy atom. The Morgan fingerprint density at radius 1 is 1.21 bits per heavy atom. The number of halogens is 3. The molecule has 2 amide bonds. The number of benzene rings is 1. The van der Waals surface area contributed by atoms with E-state index in [2.05, 4.69) is 10.3 Å².